The van der Waals surface area contributed by atoms with Crippen LogP contribution >= 0.6 is 0 Å². The van der Waals surface area contributed by atoms with E-state index in [0.717, 1.165) is 38.3 Å². The van der Waals surface area contributed by atoms with Crippen molar-refractivity contribution in [1.82, 2.24) is 10.2 Å². The van der Waals surface area contributed by atoms with E-state index in [9.17, 15) is 9.59 Å². The van der Waals surface area contributed by atoms with Gasteiger partial charge in [-0.25, -0.2) is 0 Å². The van der Waals surface area contributed by atoms with Crippen molar-refractivity contribution in [3.05, 3.63) is 29.8 Å². The lowest BCUT2D eigenvalue weighted by atomic mass is 9.86. The Morgan fingerprint density at radius 1 is 1.00 bits per heavy atom. The summed E-state index contributed by atoms with van der Waals surface area (Å²) in [5.74, 6) is 2.13. The summed E-state index contributed by atoms with van der Waals surface area (Å²) in [6.45, 7) is 7.57. The first-order chi connectivity index (χ1) is 14.9. The molecule has 1 aromatic rings. The van der Waals surface area contributed by atoms with E-state index in [-0.39, 0.29) is 17.9 Å². The topological polar surface area (TPSA) is 58.6 Å². The first-order valence-electron chi connectivity index (χ1n) is 12.3. The molecular formula is C26H40N2O3. The Bertz CT molecular complexity index is 702. The van der Waals surface area contributed by atoms with Crippen LogP contribution in [0.2, 0.25) is 0 Å². The predicted octanol–water partition coefficient (Wildman–Crippen LogP) is 5.05. The van der Waals surface area contributed by atoms with E-state index >= 15 is 0 Å². The highest BCUT2D eigenvalue weighted by Gasteiger charge is 2.26. The Morgan fingerprint density at radius 2 is 1.65 bits per heavy atom. The predicted molar refractivity (Wildman–Crippen MR) is 124 cm³/mol. The molecule has 1 aliphatic carbocycles. The third kappa shape index (κ3) is 7.26. The molecule has 2 amide bonds. The third-order valence-corrected chi connectivity index (χ3v) is 6.91. The van der Waals surface area contributed by atoms with E-state index in [0.29, 0.717) is 18.1 Å². The fourth-order valence-electron chi connectivity index (χ4n) is 4.74. The molecule has 2 fully saturated rings. The maximum absolute atomic E-state index is 12.6. The van der Waals surface area contributed by atoms with Gasteiger partial charge in [0.05, 0.1) is 0 Å². The highest BCUT2D eigenvalue weighted by Crippen LogP contribution is 2.27. The van der Waals surface area contributed by atoms with Gasteiger partial charge in [0.25, 0.3) is 5.91 Å². The molecule has 0 aromatic heterocycles. The highest BCUT2D eigenvalue weighted by atomic mass is 16.5. The molecule has 1 atom stereocenters. The number of piperidine rings is 1. The van der Waals surface area contributed by atoms with Crippen LogP contribution in [0, 0.1) is 5.92 Å². The Morgan fingerprint density at radius 3 is 2.26 bits per heavy atom. The number of nitrogens with zero attached hydrogens (tertiary/aromatic N) is 1. The number of carbonyl (C=O) groups is 2. The van der Waals surface area contributed by atoms with Crippen LogP contribution in [0.3, 0.4) is 0 Å². The Labute approximate surface area is 187 Å². The minimum Gasteiger partial charge on any atom is -0.481 e. The van der Waals surface area contributed by atoms with E-state index in [1.54, 1.807) is 6.92 Å². The van der Waals surface area contributed by atoms with Gasteiger partial charge in [-0.3, -0.25) is 9.59 Å². The largest absolute Gasteiger partial charge is 0.481 e. The third-order valence-electron chi connectivity index (χ3n) is 6.91. The van der Waals surface area contributed by atoms with E-state index in [2.05, 4.69) is 19.2 Å². The number of likely N-dealkylation sites (tertiary alicyclic amines) is 1. The number of amides is 2. The van der Waals surface area contributed by atoms with Crippen molar-refractivity contribution in [2.75, 3.05) is 13.1 Å². The monoisotopic (exact) mass is 428 g/mol. The average Bonchev–Trinajstić information content (AvgIpc) is 2.79. The van der Waals surface area contributed by atoms with Gasteiger partial charge in [0, 0.05) is 25.6 Å². The Balaban J connectivity index is 1.36. The zero-order valence-electron chi connectivity index (χ0n) is 19.6. The van der Waals surface area contributed by atoms with Crippen LogP contribution in [0.5, 0.6) is 5.75 Å². The molecule has 5 heteroatoms. The maximum atomic E-state index is 12.6. The standard InChI is InChI=1S/C26H40N2O3/c1-19(2)22-10-12-24(13-11-22)31-20(3)26(30)27-23-15-17-28(18-16-23)25(29)14-9-21-7-5-4-6-8-21/h10-13,19-21,23H,4-9,14-18H2,1-3H3,(H,27,30). The van der Waals surface area contributed by atoms with Gasteiger partial charge in [-0.2, -0.15) is 0 Å². The lowest BCUT2D eigenvalue weighted by Gasteiger charge is -2.33. The number of benzene rings is 1. The lowest BCUT2D eigenvalue weighted by molar-refractivity contribution is -0.133. The molecule has 1 aromatic carbocycles. The summed E-state index contributed by atoms with van der Waals surface area (Å²) in [5.41, 5.74) is 1.25. The molecule has 2 aliphatic rings. The number of carbonyl (C=O) groups excluding carboxylic acids is 2. The van der Waals surface area contributed by atoms with Crippen molar-refractivity contribution in [2.24, 2.45) is 5.92 Å². The first kappa shape index (κ1) is 23.6. The second kappa shape index (κ2) is 11.5. The van der Waals surface area contributed by atoms with Crippen LogP contribution in [0.4, 0.5) is 0 Å². The van der Waals surface area contributed by atoms with E-state index in [1.165, 1.54) is 37.7 Å². The second-order valence-corrected chi connectivity index (χ2v) is 9.69. The second-order valence-electron chi connectivity index (χ2n) is 9.69. The summed E-state index contributed by atoms with van der Waals surface area (Å²) in [6, 6.07) is 8.06. The van der Waals surface area contributed by atoms with Gasteiger partial charge in [0.2, 0.25) is 5.91 Å². The number of rotatable bonds is 8. The van der Waals surface area contributed by atoms with Crippen molar-refractivity contribution < 1.29 is 14.3 Å². The Hall–Kier alpha value is -2.04. The van der Waals surface area contributed by atoms with Crippen LogP contribution < -0.4 is 10.1 Å². The van der Waals surface area contributed by atoms with Crippen LogP contribution in [-0.2, 0) is 9.59 Å². The molecule has 31 heavy (non-hydrogen) atoms. The molecule has 172 valence electrons. The van der Waals surface area contributed by atoms with Crippen LogP contribution in [-0.4, -0.2) is 41.9 Å². The molecule has 1 N–H and O–H groups in total. The molecule has 0 bridgehead atoms. The number of ether oxygens (including phenoxy) is 1. The van der Waals surface area contributed by atoms with Crippen molar-refractivity contribution in [3.63, 3.8) is 0 Å². The molecule has 1 saturated heterocycles. The van der Waals surface area contributed by atoms with Crippen molar-refractivity contribution in [3.8, 4) is 5.75 Å². The summed E-state index contributed by atoms with van der Waals surface area (Å²) in [4.78, 5) is 27.1. The molecule has 0 radical (unpaired) electrons. The molecule has 0 spiro atoms. The van der Waals surface area contributed by atoms with Crippen LogP contribution in [0.25, 0.3) is 0 Å². The lowest BCUT2D eigenvalue weighted by Crippen LogP contribution is -2.49. The molecule has 1 saturated carbocycles. The van der Waals surface area contributed by atoms with Crippen molar-refractivity contribution in [2.45, 2.75) is 96.6 Å². The molecule has 1 unspecified atom stereocenters. The molecule has 3 rings (SSSR count). The van der Waals surface area contributed by atoms with Gasteiger partial charge < -0.3 is 15.0 Å². The van der Waals surface area contributed by atoms with Gasteiger partial charge >= 0.3 is 0 Å². The van der Waals surface area contributed by atoms with Gasteiger partial charge in [-0.05, 0) is 55.7 Å². The van der Waals surface area contributed by atoms with Gasteiger partial charge in [0.1, 0.15) is 5.75 Å². The summed E-state index contributed by atoms with van der Waals surface area (Å²) in [7, 11) is 0. The van der Waals surface area contributed by atoms with Gasteiger partial charge in [-0.1, -0.05) is 58.1 Å². The smallest absolute Gasteiger partial charge is 0.260 e. The highest BCUT2D eigenvalue weighted by molar-refractivity contribution is 5.81. The minimum absolute atomic E-state index is 0.0880. The zero-order valence-corrected chi connectivity index (χ0v) is 19.6. The first-order valence-corrected chi connectivity index (χ1v) is 12.3. The van der Waals surface area contributed by atoms with Crippen molar-refractivity contribution in [1.29, 1.82) is 0 Å². The van der Waals surface area contributed by atoms with E-state index in [4.69, 9.17) is 4.74 Å². The summed E-state index contributed by atoms with van der Waals surface area (Å²) < 4.78 is 5.82. The van der Waals surface area contributed by atoms with Crippen molar-refractivity contribution >= 4 is 11.8 Å². The molecule has 5 nitrogen and oxygen atoms in total. The fourth-order valence-corrected chi connectivity index (χ4v) is 4.74. The summed E-state index contributed by atoms with van der Waals surface area (Å²) >= 11 is 0. The summed E-state index contributed by atoms with van der Waals surface area (Å²) in [6.07, 6.45) is 9.42. The molecule has 1 aliphatic heterocycles. The van der Waals surface area contributed by atoms with Crippen LogP contribution in [0.15, 0.2) is 24.3 Å². The van der Waals surface area contributed by atoms with E-state index in [1.807, 2.05) is 29.2 Å². The molecular weight excluding hydrogens is 388 g/mol. The zero-order chi connectivity index (χ0) is 22.2. The molecule has 1 heterocycles. The quantitative estimate of drug-likeness (QED) is 0.631. The number of hydrogen-bond acceptors (Lipinski definition) is 3. The normalized spacial score (nSPS) is 19.3. The number of nitrogens with one attached hydrogen (secondary N) is 1. The minimum atomic E-state index is -0.542. The van der Waals surface area contributed by atoms with Crippen LogP contribution in [0.1, 0.15) is 90.0 Å². The van der Waals surface area contributed by atoms with Gasteiger partial charge in [-0.15, -0.1) is 0 Å². The van der Waals surface area contributed by atoms with E-state index < -0.39 is 6.10 Å². The maximum Gasteiger partial charge on any atom is 0.260 e. The summed E-state index contributed by atoms with van der Waals surface area (Å²) in [5, 5.41) is 3.11. The van der Waals surface area contributed by atoms with Gasteiger partial charge in [0.15, 0.2) is 6.10 Å². The Kier molecular flexibility index (Phi) is 8.79. The number of hydrogen-bond donors (Lipinski definition) is 1. The SMILES string of the molecule is CC(Oc1ccc(C(C)C)cc1)C(=O)NC1CCN(C(=O)CCC2CCCCC2)CC1. The average molecular weight is 429 g/mol. The fraction of sp³-hybridized carbons (Fsp3) is 0.692.